The molecule has 2 heterocycles. The van der Waals surface area contributed by atoms with Crippen LogP contribution in [0.5, 0.6) is 0 Å². The minimum absolute atomic E-state index is 0.108. The maximum absolute atomic E-state index is 12.7. The van der Waals surface area contributed by atoms with Crippen molar-refractivity contribution in [1.82, 2.24) is 24.4 Å². The SMILES string of the molecule is CCCc1nc(SCC(=O)NCc2ccccc2)c2c(=O)n(C)c(=O)n(C)c2n1. The first-order valence-corrected chi connectivity index (χ1v) is 10.3. The summed E-state index contributed by atoms with van der Waals surface area (Å²) in [6.07, 6.45) is 1.44. The number of hydrogen-bond donors (Lipinski definition) is 1. The van der Waals surface area contributed by atoms with E-state index in [0.717, 1.165) is 16.6 Å². The van der Waals surface area contributed by atoms with E-state index in [1.807, 2.05) is 37.3 Å². The maximum Gasteiger partial charge on any atom is 0.332 e. The summed E-state index contributed by atoms with van der Waals surface area (Å²) in [6.45, 7) is 2.43. The molecular formula is C20H23N5O3S. The second-order valence-electron chi connectivity index (χ2n) is 6.65. The molecule has 2 aromatic heterocycles. The highest BCUT2D eigenvalue weighted by molar-refractivity contribution is 8.00. The van der Waals surface area contributed by atoms with Gasteiger partial charge in [0.15, 0.2) is 5.65 Å². The molecular weight excluding hydrogens is 390 g/mol. The van der Waals surface area contributed by atoms with Crippen LogP contribution in [0.4, 0.5) is 0 Å². The molecule has 1 N–H and O–H groups in total. The monoisotopic (exact) mass is 413 g/mol. The van der Waals surface area contributed by atoms with E-state index in [0.29, 0.717) is 29.5 Å². The predicted molar refractivity (Wildman–Crippen MR) is 113 cm³/mol. The minimum Gasteiger partial charge on any atom is -0.351 e. The van der Waals surface area contributed by atoms with Gasteiger partial charge in [-0.3, -0.25) is 18.7 Å². The van der Waals surface area contributed by atoms with E-state index in [9.17, 15) is 14.4 Å². The van der Waals surface area contributed by atoms with Crippen LogP contribution in [0.15, 0.2) is 44.9 Å². The summed E-state index contributed by atoms with van der Waals surface area (Å²) in [6, 6.07) is 9.62. The van der Waals surface area contributed by atoms with E-state index >= 15 is 0 Å². The van der Waals surface area contributed by atoms with Crippen LogP contribution in [0.1, 0.15) is 24.7 Å². The molecule has 3 aromatic rings. The predicted octanol–water partition coefficient (Wildman–Crippen LogP) is 1.39. The highest BCUT2D eigenvalue weighted by Gasteiger charge is 2.18. The van der Waals surface area contributed by atoms with Crippen LogP contribution in [-0.2, 0) is 31.9 Å². The van der Waals surface area contributed by atoms with Crippen LogP contribution in [0.3, 0.4) is 0 Å². The Labute approximate surface area is 172 Å². The minimum atomic E-state index is -0.460. The van der Waals surface area contributed by atoms with Gasteiger partial charge < -0.3 is 5.32 Å². The molecule has 0 bridgehead atoms. The lowest BCUT2D eigenvalue weighted by Gasteiger charge is -2.11. The van der Waals surface area contributed by atoms with Gasteiger partial charge in [-0.1, -0.05) is 49.0 Å². The Bertz CT molecular complexity index is 1150. The molecule has 1 aromatic carbocycles. The number of aryl methyl sites for hydroxylation is 2. The second-order valence-corrected chi connectivity index (χ2v) is 7.61. The molecule has 0 saturated carbocycles. The Morgan fingerprint density at radius 2 is 1.83 bits per heavy atom. The lowest BCUT2D eigenvalue weighted by Crippen LogP contribution is -2.38. The van der Waals surface area contributed by atoms with Crippen LogP contribution < -0.4 is 16.6 Å². The van der Waals surface area contributed by atoms with E-state index in [1.54, 1.807) is 7.05 Å². The van der Waals surface area contributed by atoms with Crippen molar-refractivity contribution in [3.05, 3.63) is 62.6 Å². The largest absolute Gasteiger partial charge is 0.351 e. The number of rotatable bonds is 7. The van der Waals surface area contributed by atoms with Crippen LogP contribution in [0.2, 0.25) is 0 Å². The molecule has 152 valence electrons. The van der Waals surface area contributed by atoms with Crippen molar-refractivity contribution in [3.63, 3.8) is 0 Å². The van der Waals surface area contributed by atoms with Gasteiger partial charge in [0.1, 0.15) is 16.2 Å². The summed E-state index contributed by atoms with van der Waals surface area (Å²) in [5.41, 5.74) is 0.398. The number of benzene rings is 1. The summed E-state index contributed by atoms with van der Waals surface area (Å²) in [5, 5.41) is 3.54. The van der Waals surface area contributed by atoms with Gasteiger partial charge in [0.2, 0.25) is 5.91 Å². The fourth-order valence-corrected chi connectivity index (χ4v) is 3.76. The molecule has 9 heteroatoms. The number of carbonyl (C=O) groups excluding carboxylic acids is 1. The average molecular weight is 414 g/mol. The molecule has 0 unspecified atom stereocenters. The molecule has 0 fully saturated rings. The molecule has 1 amide bonds. The van der Waals surface area contributed by atoms with Crippen LogP contribution in [0, 0.1) is 0 Å². The van der Waals surface area contributed by atoms with E-state index in [4.69, 9.17) is 0 Å². The summed E-state index contributed by atoms with van der Waals surface area (Å²) >= 11 is 1.18. The van der Waals surface area contributed by atoms with Gasteiger partial charge in [0.05, 0.1) is 5.75 Å². The fraction of sp³-hybridized carbons (Fsp3) is 0.350. The third-order valence-electron chi connectivity index (χ3n) is 4.46. The Morgan fingerprint density at radius 3 is 2.52 bits per heavy atom. The number of amides is 1. The van der Waals surface area contributed by atoms with Crippen LogP contribution in [-0.4, -0.2) is 30.8 Å². The normalized spacial score (nSPS) is 11.0. The Morgan fingerprint density at radius 1 is 1.10 bits per heavy atom. The van der Waals surface area contributed by atoms with Gasteiger partial charge in [0, 0.05) is 27.1 Å². The number of carbonyl (C=O) groups is 1. The lowest BCUT2D eigenvalue weighted by molar-refractivity contribution is -0.118. The number of nitrogens with zero attached hydrogens (tertiary/aromatic N) is 4. The molecule has 0 spiro atoms. The van der Waals surface area contributed by atoms with Crippen LogP contribution >= 0.6 is 11.8 Å². The first-order valence-electron chi connectivity index (χ1n) is 9.32. The molecule has 0 atom stereocenters. The third-order valence-corrected chi connectivity index (χ3v) is 5.43. The van der Waals surface area contributed by atoms with Gasteiger partial charge in [-0.25, -0.2) is 14.8 Å². The average Bonchev–Trinajstić information content (AvgIpc) is 2.73. The van der Waals surface area contributed by atoms with Crippen molar-refractivity contribution in [2.24, 2.45) is 14.1 Å². The highest BCUT2D eigenvalue weighted by atomic mass is 32.2. The van der Waals surface area contributed by atoms with Gasteiger partial charge in [-0.2, -0.15) is 0 Å². The van der Waals surface area contributed by atoms with Crippen molar-refractivity contribution in [1.29, 1.82) is 0 Å². The number of aromatic nitrogens is 4. The molecule has 0 aliphatic rings. The Hall–Kier alpha value is -2.94. The van der Waals surface area contributed by atoms with Crippen molar-refractivity contribution in [2.75, 3.05) is 5.75 Å². The zero-order valence-corrected chi connectivity index (χ0v) is 17.5. The van der Waals surface area contributed by atoms with Crippen molar-refractivity contribution < 1.29 is 4.79 Å². The molecule has 8 nitrogen and oxygen atoms in total. The van der Waals surface area contributed by atoms with Gasteiger partial charge in [-0.05, 0) is 12.0 Å². The fourth-order valence-electron chi connectivity index (χ4n) is 2.89. The molecule has 0 aliphatic heterocycles. The number of nitrogens with one attached hydrogen (secondary N) is 1. The quantitative estimate of drug-likeness (QED) is 0.464. The molecule has 0 radical (unpaired) electrons. The van der Waals surface area contributed by atoms with Gasteiger partial charge in [0.25, 0.3) is 5.56 Å². The summed E-state index contributed by atoms with van der Waals surface area (Å²) < 4.78 is 2.38. The van der Waals surface area contributed by atoms with E-state index in [-0.39, 0.29) is 17.0 Å². The molecule has 0 saturated heterocycles. The zero-order chi connectivity index (χ0) is 21.0. The van der Waals surface area contributed by atoms with Gasteiger partial charge >= 0.3 is 5.69 Å². The second kappa shape index (κ2) is 9.04. The molecule has 0 aliphatic carbocycles. The van der Waals surface area contributed by atoms with E-state index < -0.39 is 11.2 Å². The smallest absolute Gasteiger partial charge is 0.332 e. The number of fused-ring (bicyclic) bond motifs is 1. The Kier molecular flexibility index (Phi) is 6.48. The molecule has 3 rings (SSSR count). The first-order chi connectivity index (χ1) is 13.9. The van der Waals surface area contributed by atoms with Crippen molar-refractivity contribution in [3.8, 4) is 0 Å². The van der Waals surface area contributed by atoms with Gasteiger partial charge in [-0.15, -0.1) is 0 Å². The van der Waals surface area contributed by atoms with Crippen molar-refractivity contribution >= 4 is 28.7 Å². The number of thioether (sulfide) groups is 1. The molecule has 29 heavy (non-hydrogen) atoms. The maximum atomic E-state index is 12.7. The number of hydrogen-bond acceptors (Lipinski definition) is 6. The first kappa shape index (κ1) is 20.8. The van der Waals surface area contributed by atoms with E-state index in [2.05, 4.69) is 15.3 Å². The van der Waals surface area contributed by atoms with E-state index in [1.165, 1.54) is 23.4 Å². The Balaban J connectivity index is 1.88. The van der Waals surface area contributed by atoms with Crippen molar-refractivity contribution in [2.45, 2.75) is 31.3 Å². The summed E-state index contributed by atoms with van der Waals surface area (Å²) in [7, 11) is 3.00. The lowest BCUT2D eigenvalue weighted by atomic mass is 10.2. The zero-order valence-electron chi connectivity index (χ0n) is 16.6. The standard InChI is InChI=1S/C20H23N5O3S/c1-4-8-14-22-17-16(19(27)25(3)20(28)24(17)2)18(23-14)29-12-15(26)21-11-13-9-6-5-7-10-13/h5-7,9-10H,4,8,11-12H2,1-3H3,(H,21,26). The summed E-state index contributed by atoms with van der Waals surface area (Å²) in [4.78, 5) is 46.2. The van der Waals surface area contributed by atoms with Crippen LogP contribution in [0.25, 0.3) is 11.0 Å². The topological polar surface area (TPSA) is 98.9 Å². The summed E-state index contributed by atoms with van der Waals surface area (Å²) in [5.74, 6) is 0.496. The third kappa shape index (κ3) is 4.56. The highest BCUT2D eigenvalue weighted by Crippen LogP contribution is 2.22.